The summed E-state index contributed by atoms with van der Waals surface area (Å²) in [6.45, 7) is 0. The third-order valence-corrected chi connectivity index (χ3v) is 13.1. The van der Waals surface area contributed by atoms with Crippen LogP contribution >= 0.6 is 22.7 Å². The van der Waals surface area contributed by atoms with E-state index in [1.807, 2.05) is 22.7 Å². The fourth-order valence-electron chi connectivity index (χ4n) is 2.38. The molecule has 0 saturated carbocycles. The SMILES string of the molecule is C1=Cc2csc[c]2[Sb]([c]2ccccc2)[c]2cscc21. The monoisotopic (exact) mass is 388 g/mol. The summed E-state index contributed by atoms with van der Waals surface area (Å²) in [5.41, 5.74) is 2.89. The molecule has 0 aliphatic carbocycles. The maximum atomic E-state index is 2.38. The molecule has 0 amide bonds. The average Bonchev–Trinajstić information content (AvgIpc) is 3.07. The van der Waals surface area contributed by atoms with Crippen LogP contribution in [0, 0.1) is 0 Å². The Balaban J connectivity index is 1.99. The molecule has 0 radical (unpaired) electrons. The predicted molar refractivity (Wildman–Crippen MR) is 88.7 cm³/mol. The van der Waals surface area contributed by atoms with Gasteiger partial charge in [0.2, 0.25) is 0 Å². The number of hydrogen-bond acceptors (Lipinski definition) is 2. The minimum atomic E-state index is -1.79. The van der Waals surface area contributed by atoms with Crippen molar-refractivity contribution in [3.63, 3.8) is 0 Å². The van der Waals surface area contributed by atoms with E-state index in [0.717, 1.165) is 0 Å². The zero-order chi connectivity index (χ0) is 12.7. The zero-order valence-electron chi connectivity index (χ0n) is 10.1. The first kappa shape index (κ1) is 12.0. The Kier molecular flexibility index (Phi) is 3.11. The molecule has 3 heterocycles. The van der Waals surface area contributed by atoms with E-state index in [9.17, 15) is 0 Å². The van der Waals surface area contributed by atoms with Crippen LogP contribution in [0.25, 0.3) is 12.2 Å². The first-order valence-electron chi connectivity index (χ1n) is 6.09. The molecule has 0 bridgehead atoms. The van der Waals surface area contributed by atoms with Gasteiger partial charge in [-0.15, -0.1) is 0 Å². The van der Waals surface area contributed by atoms with Gasteiger partial charge in [-0.05, 0) is 0 Å². The first-order valence-corrected chi connectivity index (χ1v) is 11.8. The number of hydrogen-bond donors (Lipinski definition) is 0. The average molecular weight is 389 g/mol. The molecule has 19 heavy (non-hydrogen) atoms. The van der Waals surface area contributed by atoms with Gasteiger partial charge in [-0.3, -0.25) is 0 Å². The molecule has 0 nitrogen and oxygen atoms in total. The molecule has 0 N–H and O–H groups in total. The number of thiophene rings is 2. The van der Waals surface area contributed by atoms with Gasteiger partial charge in [0.25, 0.3) is 0 Å². The molecule has 1 aliphatic heterocycles. The molecule has 0 atom stereocenters. The Bertz CT molecular complexity index is 693. The van der Waals surface area contributed by atoms with Crippen LogP contribution in [0.4, 0.5) is 0 Å². The van der Waals surface area contributed by atoms with Crippen LogP contribution in [0.5, 0.6) is 0 Å². The van der Waals surface area contributed by atoms with E-state index in [1.165, 1.54) is 11.1 Å². The Hall–Kier alpha value is -0.822. The van der Waals surface area contributed by atoms with Crippen LogP contribution in [-0.2, 0) is 0 Å². The first-order chi connectivity index (χ1) is 9.43. The van der Waals surface area contributed by atoms with Gasteiger partial charge in [-0.25, -0.2) is 0 Å². The fraction of sp³-hybridized carbons (Fsp3) is 0. The molecule has 1 aliphatic rings. The van der Waals surface area contributed by atoms with E-state index in [1.54, 1.807) is 10.5 Å². The Morgan fingerprint density at radius 2 is 1.26 bits per heavy atom. The molecule has 4 rings (SSSR count). The van der Waals surface area contributed by atoms with Crippen LogP contribution < -0.4 is 10.5 Å². The van der Waals surface area contributed by atoms with Crippen molar-refractivity contribution in [1.29, 1.82) is 0 Å². The van der Waals surface area contributed by atoms with Gasteiger partial charge in [0.1, 0.15) is 0 Å². The Labute approximate surface area is 128 Å². The summed E-state index contributed by atoms with van der Waals surface area (Å²) < 4.78 is 4.80. The minimum absolute atomic E-state index is 1.44. The molecule has 0 saturated heterocycles. The van der Waals surface area contributed by atoms with Gasteiger partial charge >= 0.3 is 129 Å². The molecule has 92 valence electrons. The fourth-order valence-corrected chi connectivity index (χ4v) is 13.3. The van der Waals surface area contributed by atoms with Crippen LogP contribution in [0.3, 0.4) is 0 Å². The van der Waals surface area contributed by atoms with Crippen LogP contribution in [0.1, 0.15) is 11.1 Å². The van der Waals surface area contributed by atoms with Gasteiger partial charge in [0.05, 0.1) is 0 Å². The van der Waals surface area contributed by atoms with Crippen molar-refractivity contribution in [3.05, 3.63) is 63.0 Å². The second-order valence-corrected chi connectivity index (χ2v) is 12.1. The second kappa shape index (κ2) is 4.94. The number of benzene rings is 1. The van der Waals surface area contributed by atoms with Crippen molar-refractivity contribution in [1.82, 2.24) is 0 Å². The maximum absolute atomic E-state index is 2.38. The van der Waals surface area contributed by atoms with Gasteiger partial charge in [-0.1, -0.05) is 0 Å². The van der Waals surface area contributed by atoms with E-state index in [2.05, 4.69) is 64.0 Å². The van der Waals surface area contributed by atoms with Gasteiger partial charge in [0, 0.05) is 0 Å². The molecule has 3 aromatic rings. The van der Waals surface area contributed by atoms with E-state index in [4.69, 9.17) is 0 Å². The van der Waals surface area contributed by atoms with E-state index in [-0.39, 0.29) is 0 Å². The second-order valence-electron chi connectivity index (χ2n) is 4.43. The van der Waals surface area contributed by atoms with Crippen LogP contribution in [0.2, 0.25) is 0 Å². The summed E-state index contributed by atoms with van der Waals surface area (Å²) in [5, 5.41) is 9.34. The van der Waals surface area contributed by atoms with Gasteiger partial charge < -0.3 is 0 Å². The molecule has 1 aromatic carbocycles. The van der Waals surface area contributed by atoms with Crippen LogP contribution in [0.15, 0.2) is 51.9 Å². The normalized spacial score (nSPS) is 13.9. The number of rotatable bonds is 1. The molecular formula is C16H11S2Sb. The molecule has 0 fully saturated rings. The van der Waals surface area contributed by atoms with Crippen molar-refractivity contribution >= 4 is 65.6 Å². The molecule has 3 heteroatoms. The third-order valence-electron chi connectivity index (χ3n) is 3.28. The van der Waals surface area contributed by atoms with Gasteiger partial charge in [-0.2, -0.15) is 0 Å². The summed E-state index contributed by atoms with van der Waals surface area (Å²) in [6.07, 6.45) is 4.59. The molecule has 2 aromatic heterocycles. The van der Waals surface area contributed by atoms with Crippen LogP contribution in [-0.4, -0.2) is 20.2 Å². The van der Waals surface area contributed by atoms with Crippen molar-refractivity contribution in [2.75, 3.05) is 0 Å². The summed E-state index contributed by atoms with van der Waals surface area (Å²) in [6, 6.07) is 11.1. The predicted octanol–water partition coefficient (Wildman–Crippen LogP) is 2.81. The third kappa shape index (κ3) is 2.03. The van der Waals surface area contributed by atoms with Crippen molar-refractivity contribution in [2.24, 2.45) is 0 Å². The molecule has 0 spiro atoms. The standard InChI is InChI=1S/C10H6S2.C6H5.Sb/c1(9-3-5-11-7-9)2-10-4-6-12-8-10;1-2-4-6-5-3-1;/h1-2,5-8H;1-5H;. The summed E-state index contributed by atoms with van der Waals surface area (Å²) >= 11 is 1.88. The van der Waals surface area contributed by atoms with E-state index in [0.29, 0.717) is 0 Å². The Morgan fingerprint density at radius 3 is 1.84 bits per heavy atom. The summed E-state index contributed by atoms with van der Waals surface area (Å²) in [4.78, 5) is 0. The molecular weight excluding hydrogens is 378 g/mol. The van der Waals surface area contributed by atoms with Crippen molar-refractivity contribution in [3.8, 4) is 0 Å². The van der Waals surface area contributed by atoms with E-state index >= 15 is 0 Å². The summed E-state index contributed by atoms with van der Waals surface area (Å²) in [5.74, 6) is 0. The molecule has 0 unspecified atom stereocenters. The van der Waals surface area contributed by atoms with Crippen molar-refractivity contribution < 1.29 is 0 Å². The van der Waals surface area contributed by atoms with Gasteiger partial charge in [0.15, 0.2) is 0 Å². The quantitative estimate of drug-likeness (QED) is 0.440. The number of fused-ring (bicyclic) bond motifs is 2. The van der Waals surface area contributed by atoms with E-state index < -0.39 is 20.2 Å². The topological polar surface area (TPSA) is 0 Å². The zero-order valence-corrected chi connectivity index (χ0v) is 14.3. The Morgan fingerprint density at radius 1 is 0.684 bits per heavy atom. The van der Waals surface area contributed by atoms with Crippen molar-refractivity contribution in [2.45, 2.75) is 0 Å². The summed E-state index contributed by atoms with van der Waals surface area (Å²) in [7, 11) is 0.